The molecule has 0 atom stereocenters. The van der Waals surface area contributed by atoms with Gasteiger partial charge in [-0.1, -0.05) is 6.07 Å². The Morgan fingerprint density at radius 3 is 2.12 bits per heavy atom. The molecule has 5 nitrogen and oxygen atoms in total. The lowest BCUT2D eigenvalue weighted by atomic mass is 10.1. The second kappa shape index (κ2) is 13.1. The third-order valence-corrected chi connectivity index (χ3v) is 6.99. The van der Waals surface area contributed by atoms with Gasteiger partial charge >= 0.3 is 12.4 Å². The summed E-state index contributed by atoms with van der Waals surface area (Å²) in [5.74, 6) is 0. The molecular formula is C28H26F6N4OS. The summed E-state index contributed by atoms with van der Waals surface area (Å²) in [6.07, 6.45) is -1.87. The largest absolute Gasteiger partial charge is 0.416 e. The lowest BCUT2D eigenvalue weighted by Gasteiger charge is -2.13. The summed E-state index contributed by atoms with van der Waals surface area (Å²) in [7, 11) is 0. The van der Waals surface area contributed by atoms with Crippen molar-refractivity contribution in [2.24, 2.45) is 0 Å². The maximum absolute atomic E-state index is 12.2. The van der Waals surface area contributed by atoms with E-state index in [0.29, 0.717) is 12.1 Å². The standard InChI is InChI=1S/C19H20N4S.C9H6F6O/c1-13-15(6-3-4-10-20)8-9-17(22-13)18-14(2)23-19(24-18)16-7-5-11-21-12-16;10-8(11,12)6-1-5(4-16)2-7(3-6)9(13,14)15/h5,7-12,20H,3-4,6H2,1-2H3;1-3,16H,4H2. The summed E-state index contributed by atoms with van der Waals surface area (Å²) in [6.45, 7) is 3.20. The molecule has 1 aromatic carbocycles. The molecule has 0 saturated heterocycles. The molecule has 0 amide bonds. The Labute approximate surface area is 231 Å². The topological polar surface area (TPSA) is 82.8 Å². The van der Waals surface area contributed by atoms with E-state index in [-0.39, 0.29) is 6.07 Å². The van der Waals surface area contributed by atoms with Crippen molar-refractivity contribution in [2.45, 2.75) is 52.1 Å². The SMILES string of the molecule is Cc1nc(-c2sc(-c3cccnc3)nc2C)ccc1CCCC=N.OCc1cc(C(F)(F)F)cc(C(F)(F)F)c1. The van der Waals surface area contributed by atoms with Crippen LogP contribution in [0.1, 0.15) is 46.5 Å². The molecule has 4 aromatic rings. The van der Waals surface area contributed by atoms with Crippen molar-refractivity contribution in [2.75, 3.05) is 0 Å². The number of hydrogen-bond acceptors (Lipinski definition) is 6. The maximum Gasteiger partial charge on any atom is 0.416 e. The normalized spacial score (nSPS) is 11.6. The summed E-state index contributed by atoms with van der Waals surface area (Å²) >= 11 is 1.66. The lowest BCUT2D eigenvalue weighted by Crippen LogP contribution is -2.11. The number of aromatic nitrogens is 3. The molecule has 0 fully saturated rings. The first-order valence-corrected chi connectivity index (χ1v) is 12.9. The number of halogens is 6. The highest BCUT2D eigenvalue weighted by Crippen LogP contribution is 2.36. The molecule has 0 aliphatic rings. The molecule has 0 aliphatic carbocycles. The van der Waals surface area contributed by atoms with Gasteiger partial charge in [0.2, 0.25) is 0 Å². The first kappa shape index (κ1) is 30.9. The summed E-state index contributed by atoms with van der Waals surface area (Å²) in [5, 5.41) is 16.7. The van der Waals surface area contributed by atoms with Gasteiger partial charge in [0.25, 0.3) is 0 Å². The highest BCUT2D eigenvalue weighted by molar-refractivity contribution is 7.18. The Morgan fingerprint density at radius 1 is 0.925 bits per heavy atom. The van der Waals surface area contributed by atoms with Gasteiger partial charge in [0.05, 0.1) is 34.0 Å². The number of aryl methyl sites for hydroxylation is 3. The Balaban J connectivity index is 0.000000241. The van der Waals surface area contributed by atoms with E-state index >= 15 is 0 Å². The van der Waals surface area contributed by atoms with Gasteiger partial charge in [0.15, 0.2) is 0 Å². The average molecular weight is 581 g/mol. The van der Waals surface area contributed by atoms with Gasteiger partial charge in [0.1, 0.15) is 5.01 Å². The highest BCUT2D eigenvalue weighted by atomic mass is 32.1. The minimum Gasteiger partial charge on any atom is -0.392 e. The number of alkyl halides is 6. The number of nitrogens with zero attached hydrogens (tertiary/aromatic N) is 3. The fourth-order valence-electron chi connectivity index (χ4n) is 3.73. The van der Waals surface area contributed by atoms with E-state index in [0.717, 1.165) is 51.8 Å². The van der Waals surface area contributed by atoms with Crippen molar-refractivity contribution in [1.82, 2.24) is 15.0 Å². The zero-order valence-electron chi connectivity index (χ0n) is 21.6. The van der Waals surface area contributed by atoms with Crippen LogP contribution in [-0.2, 0) is 25.4 Å². The zero-order chi connectivity index (χ0) is 29.5. The van der Waals surface area contributed by atoms with Crippen molar-refractivity contribution in [3.05, 3.63) is 88.5 Å². The van der Waals surface area contributed by atoms with Gasteiger partial charge in [-0.25, -0.2) is 4.98 Å². The Hall–Kier alpha value is -3.64. The number of pyridine rings is 2. The van der Waals surface area contributed by atoms with Crippen LogP contribution in [0.25, 0.3) is 21.1 Å². The van der Waals surface area contributed by atoms with Crippen molar-refractivity contribution < 1.29 is 31.4 Å². The molecule has 2 N–H and O–H groups in total. The maximum atomic E-state index is 12.2. The number of rotatable bonds is 7. The van der Waals surface area contributed by atoms with Crippen LogP contribution >= 0.6 is 11.3 Å². The molecule has 0 unspecified atom stereocenters. The summed E-state index contributed by atoms with van der Waals surface area (Å²) in [4.78, 5) is 14.8. The van der Waals surface area contributed by atoms with Crippen LogP contribution in [0.4, 0.5) is 26.3 Å². The van der Waals surface area contributed by atoms with Crippen LogP contribution in [-0.4, -0.2) is 26.3 Å². The second-order valence-corrected chi connectivity index (χ2v) is 9.78. The van der Waals surface area contributed by atoms with Gasteiger partial charge in [-0.2, -0.15) is 26.3 Å². The summed E-state index contributed by atoms with van der Waals surface area (Å²) in [5.41, 5.74) is 2.07. The lowest BCUT2D eigenvalue weighted by molar-refractivity contribution is -0.143. The third-order valence-electron chi connectivity index (χ3n) is 5.76. The van der Waals surface area contributed by atoms with Gasteiger partial charge in [-0.05, 0) is 86.8 Å². The number of unbranched alkanes of at least 4 members (excludes halogenated alkanes) is 1. The first-order chi connectivity index (χ1) is 18.8. The van der Waals surface area contributed by atoms with Crippen molar-refractivity contribution in [1.29, 1.82) is 5.41 Å². The molecule has 0 saturated carbocycles. The molecule has 0 radical (unpaired) electrons. The van der Waals surface area contributed by atoms with Crippen LogP contribution in [0, 0.1) is 19.3 Å². The Bertz CT molecular complexity index is 1400. The van der Waals surface area contributed by atoms with E-state index in [1.165, 1.54) is 11.8 Å². The number of thiazole rings is 1. The molecule has 4 rings (SSSR count). The van der Waals surface area contributed by atoms with E-state index in [1.54, 1.807) is 17.5 Å². The average Bonchev–Trinajstić information content (AvgIpc) is 3.31. The molecule has 0 spiro atoms. The quantitative estimate of drug-likeness (QED) is 0.132. The highest BCUT2D eigenvalue weighted by Gasteiger charge is 2.36. The van der Waals surface area contributed by atoms with E-state index in [9.17, 15) is 26.3 Å². The number of aliphatic hydroxyl groups excluding tert-OH is 1. The number of benzene rings is 1. The summed E-state index contributed by atoms with van der Waals surface area (Å²) < 4.78 is 73.3. The van der Waals surface area contributed by atoms with Crippen molar-refractivity contribution in [3.8, 4) is 21.1 Å². The van der Waals surface area contributed by atoms with E-state index in [1.807, 2.05) is 25.3 Å². The second-order valence-electron chi connectivity index (χ2n) is 8.78. The predicted molar refractivity (Wildman–Crippen MR) is 142 cm³/mol. The Kier molecular flexibility index (Phi) is 10.2. The minimum absolute atomic E-state index is 0.0131. The Morgan fingerprint density at radius 2 is 1.60 bits per heavy atom. The predicted octanol–water partition coefficient (Wildman–Crippen LogP) is 8.07. The third kappa shape index (κ3) is 8.18. The first-order valence-electron chi connectivity index (χ1n) is 12.1. The molecule has 40 heavy (non-hydrogen) atoms. The van der Waals surface area contributed by atoms with Gasteiger partial charge in [-0.15, -0.1) is 11.3 Å². The van der Waals surface area contributed by atoms with Gasteiger partial charge in [-0.3, -0.25) is 9.97 Å². The monoisotopic (exact) mass is 580 g/mol. The molecular weight excluding hydrogens is 554 g/mol. The molecule has 3 heterocycles. The van der Waals surface area contributed by atoms with E-state index < -0.39 is 35.6 Å². The van der Waals surface area contributed by atoms with Crippen LogP contribution < -0.4 is 0 Å². The molecule has 212 valence electrons. The minimum atomic E-state index is -4.87. The smallest absolute Gasteiger partial charge is 0.392 e. The fraction of sp³-hybridized carbons (Fsp3) is 0.286. The van der Waals surface area contributed by atoms with Crippen molar-refractivity contribution >= 4 is 17.6 Å². The van der Waals surface area contributed by atoms with Crippen LogP contribution in [0.15, 0.2) is 54.9 Å². The number of hydrogen-bond donors (Lipinski definition) is 2. The van der Waals surface area contributed by atoms with Crippen LogP contribution in [0.5, 0.6) is 0 Å². The molecule has 3 aromatic heterocycles. The number of aliphatic hydroxyl groups is 1. The molecule has 12 heteroatoms. The zero-order valence-corrected chi connectivity index (χ0v) is 22.4. The van der Waals surface area contributed by atoms with Gasteiger partial charge < -0.3 is 10.5 Å². The fourth-order valence-corrected chi connectivity index (χ4v) is 4.76. The number of nitrogens with one attached hydrogen (secondary N) is 1. The van der Waals surface area contributed by atoms with E-state index in [4.69, 9.17) is 15.5 Å². The van der Waals surface area contributed by atoms with E-state index in [2.05, 4.69) is 29.0 Å². The summed E-state index contributed by atoms with van der Waals surface area (Å²) in [6, 6.07) is 9.17. The molecule has 0 aliphatic heterocycles. The van der Waals surface area contributed by atoms with Crippen LogP contribution in [0.3, 0.4) is 0 Å². The molecule has 0 bridgehead atoms. The van der Waals surface area contributed by atoms with Gasteiger partial charge in [0, 0.05) is 23.7 Å². The van der Waals surface area contributed by atoms with Crippen molar-refractivity contribution in [3.63, 3.8) is 0 Å². The van der Waals surface area contributed by atoms with Crippen LogP contribution in [0.2, 0.25) is 0 Å².